The van der Waals surface area contributed by atoms with Gasteiger partial charge in [-0.3, -0.25) is 10.1 Å². The van der Waals surface area contributed by atoms with Crippen LogP contribution >= 0.6 is 11.3 Å². The summed E-state index contributed by atoms with van der Waals surface area (Å²) in [4.78, 5) is 23.0. The van der Waals surface area contributed by atoms with E-state index in [0.717, 1.165) is 0 Å². The minimum atomic E-state index is -3.65. The fourth-order valence-electron chi connectivity index (χ4n) is 4.19. The van der Waals surface area contributed by atoms with E-state index in [-0.39, 0.29) is 11.0 Å². The molecule has 4 heterocycles. The maximum atomic E-state index is 13.4. The van der Waals surface area contributed by atoms with E-state index in [1.807, 2.05) is 0 Å². The van der Waals surface area contributed by atoms with Crippen molar-refractivity contribution in [3.63, 3.8) is 0 Å². The number of carbonyl (C=O) groups is 1. The summed E-state index contributed by atoms with van der Waals surface area (Å²) < 4.78 is 49.5. The molecule has 0 bridgehead atoms. The molecule has 0 saturated carbocycles. The Hall–Kier alpha value is -2.68. The molecule has 1 unspecified atom stereocenters. The van der Waals surface area contributed by atoms with Crippen LogP contribution in [0.5, 0.6) is 5.88 Å². The van der Waals surface area contributed by atoms with E-state index in [1.54, 1.807) is 24.3 Å². The van der Waals surface area contributed by atoms with Gasteiger partial charge in [-0.2, -0.15) is 4.31 Å². The summed E-state index contributed by atoms with van der Waals surface area (Å²) in [5.41, 5.74) is 1.19. The number of amides is 1. The van der Waals surface area contributed by atoms with Crippen molar-refractivity contribution in [2.24, 2.45) is 0 Å². The number of aromatic nitrogens is 2. The van der Waals surface area contributed by atoms with E-state index >= 15 is 0 Å². The zero-order valence-electron chi connectivity index (χ0n) is 20.3. The molecule has 2 aliphatic rings. The summed E-state index contributed by atoms with van der Waals surface area (Å²) in [6.45, 7) is 2.47. The Morgan fingerprint density at radius 1 is 1.05 bits per heavy atom. The largest absolute Gasteiger partial charge is 0.481 e. The number of hydrogen-bond donors (Lipinski definition) is 1. The number of nitrogens with one attached hydrogen (secondary N) is 1. The molecule has 1 N–H and O–H groups in total. The highest BCUT2D eigenvalue weighted by atomic mass is 32.2. The minimum Gasteiger partial charge on any atom is -0.481 e. The highest BCUT2D eigenvalue weighted by molar-refractivity contribution is 7.89. The Balaban J connectivity index is 1.38. The number of carbonyl (C=O) groups excluding carboxylic acids is 1. The lowest BCUT2D eigenvalue weighted by Crippen LogP contribution is -2.40. The SMILES string of the molecule is COc1ccc2nc(NC(=O)C(OC3CCOCC3)c3ccc(S(=O)(=O)N4CCOCC4)cc3)sc2n1. The van der Waals surface area contributed by atoms with Crippen molar-refractivity contribution in [2.45, 2.75) is 29.9 Å². The van der Waals surface area contributed by atoms with Crippen LogP contribution in [0.1, 0.15) is 24.5 Å². The normalized spacial score (nSPS) is 18.5. The molecular weight excluding hydrogens is 520 g/mol. The molecule has 13 heteroatoms. The van der Waals surface area contributed by atoms with Crippen LogP contribution in [0, 0.1) is 0 Å². The average Bonchev–Trinajstić information content (AvgIpc) is 3.34. The van der Waals surface area contributed by atoms with Gasteiger partial charge in [0.2, 0.25) is 15.9 Å². The Kier molecular flexibility index (Phi) is 7.98. The van der Waals surface area contributed by atoms with Crippen molar-refractivity contribution in [3.8, 4) is 5.88 Å². The van der Waals surface area contributed by atoms with Gasteiger partial charge >= 0.3 is 0 Å². The molecule has 0 radical (unpaired) electrons. The van der Waals surface area contributed by atoms with Crippen LogP contribution in [0.15, 0.2) is 41.3 Å². The van der Waals surface area contributed by atoms with Crippen LogP contribution in [-0.2, 0) is 29.0 Å². The second kappa shape index (κ2) is 11.4. The quantitative estimate of drug-likeness (QED) is 0.452. The zero-order chi connectivity index (χ0) is 25.8. The predicted molar refractivity (Wildman–Crippen MR) is 136 cm³/mol. The number of hydrogen-bond acceptors (Lipinski definition) is 10. The van der Waals surface area contributed by atoms with Gasteiger partial charge in [-0.05, 0) is 36.6 Å². The summed E-state index contributed by atoms with van der Waals surface area (Å²) >= 11 is 1.23. The second-order valence-corrected chi connectivity index (χ2v) is 11.5. The molecule has 0 spiro atoms. The number of fused-ring (bicyclic) bond motifs is 1. The first-order valence-corrected chi connectivity index (χ1v) is 14.2. The Bertz CT molecular complexity index is 1330. The molecule has 11 nitrogen and oxygen atoms in total. The first-order valence-electron chi connectivity index (χ1n) is 12.0. The van der Waals surface area contributed by atoms with Crippen molar-refractivity contribution in [1.29, 1.82) is 0 Å². The average molecular weight is 549 g/mol. The number of thiazole rings is 1. The molecule has 37 heavy (non-hydrogen) atoms. The fraction of sp³-hybridized carbons (Fsp3) is 0.458. The number of pyridine rings is 1. The van der Waals surface area contributed by atoms with Crippen molar-refractivity contribution in [2.75, 3.05) is 51.9 Å². The van der Waals surface area contributed by atoms with Crippen molar-refractivity contribution in [1.82, 2.24) is 14.3 Å². The van der Waals surface area contributed by atoms with Crippen LogP contribution in [0.3, 0.4) is 0 Å². The van der Waals surface area contributed by atoms with Gasteiger partial charge in [0, 0.05) is 32.4 Å². The number of methoxy groups -OCH3 is 1. The topological polar surface area (TPSA) is 129 Å². The van der Waals surface area contributed by atoms with E-state index in [1.165, 1.54) is 34.9 Å². The second-order valence-electron chi connectivity index (χ2n) is 8.60. The number of morpholine rings is 1. The summed E-state index contributed by atoms with van der Waals surface area (Å²) in [5, 5.41) is 3.23. The number of sulfonamides is 1. The van der Waals surface area contributed by atoms with Gasteiger partial charge in [0.1, 0.15) is 10.3 Å². The first-order chi connectivity index (χ1) is 17.9. The van der Waals surface area contributed by atoms with E-state index in [4.69, 9.17) is 18.9 Å². The van der Waals surface area contributed by atoms with E-state index in [2.05, 4.69) is 15.3 Å². The van der Waals surface area contributed by atoms with Crippen LogP contribution in [0.2, 0.25) is 0 Å². The number of benzene rings is 1. The number of rotatable bonds is 8. The van der Waals surface area contributed by atoms with E-state index in [0.29, 0.717) is 79.3 Å². The predicted octanol–water partition coefficient (Wildman–Crippen LogP) is 2.60. The molecule has 198 valence electrons. The molecule has 3 aromatic rings. The van der Waals surface area contributed by atoms with E-state index < -0.39 is 22.0 Å². The lowest BCUT2D eigenvalue weighted by atomic mass is 10.1. The van der Waals surface area contributed by atoms with Gasteiger partial charge < -0.3 is 18.9 Å². The van der Waals surface area contributed by atoms with Crippen molar-refractivity contribution >= 4 is 42.7 Å². The Morgan fingerprint density at radius 3 is 2.46 bits per heavy atom. The van der Waals surface area contributed by atoms with Gasteiger partial charge in [-0.25, -0.2) is 18.4 Å². The molecule has 1 atom stereocenters. The van der Waals surface area contributed by atoms with Crippen LogP contribution in [-0.4, -0.2) is 81.3 Å². The third-order valence-corrected chi connectivity index (χ3v) is 8.99. The van der Waals surface area contributed by atoms with Gasteiger partial charge in [0.25, 0.3) is 5.91 Å². The highest BCUT2D eigenvalue weighted by Crippen LogP contribution is 2.30. The van der Waals surface area contributed by atoms with Gasteiger partial charge in [0.05, 0.1) is 31.3 Å². The van der Waals surface area contributed by atoms with E-state index in [9.17, 15) is 13.2 Å². The maximum absolute atomic E-state index is 13.4. The summed E-state index contributed by atoms with van der Waals surface area (Å²) in [6.07, 6.45) is 0.205. The zero-order valence-corrected chi connectivity index (χ0v) is 21.9. The van der Waals surface area contributed by atoms with Crippen molar-refractivity contribution < 1.29 is 32.2 Å². The lowest BCUT2D eigenvalue weighted by Gasteiger charge is -2.28. The third-order valence-electron chi connectivity index (χ3n) is 6.19. The summed E-state index contributed by atoms with van der Waals surface area (Å²) in [6, 6.07) is 9.76. The number of nitrogens with zero attached hydrogens (tertiary/aromatic N) is 3. The third kappa shape index (κ3) is 5.92. The summed E-state index contributed by atoms with van der Waals surface area (Å²) in [7, 11) is -2.12. The number of ether oxygens (including phenoxy) is 4. The molecule has 1 amide bonds. The standard InChI is InChI=1S/C24H28N4O7S2/c1-32-20-7-6-19-23(26-20)36-24(25-19)27-22(29)21(35-17-8-12-33-13-9-17)16-2-4-18(5-3-16)37(30,31)28-10-14-34-15-11-28/h2-7,17,21H,8-15H2,1H3,(H,25,27,29). The lowest BCUT2D eigenvalue weighted by molar-refractivity contribution is -0.136. The summed E-state index contributed by atoms with van der Waals surface area (Å²) in [5.74, 6) is 0.0585. The van der Waals surface area contributed by atoms with Crippen LogP contribution in [0.4, 0.5) is 5.13 Å². The Morgan fingerprint density at radius 2 is 1.76 bits per heavy atom. The molecule has 2 saturated heterocycles. The van der Waals surface area contributed by atoms with Gasteiger partial charge in [-0.1, -0.05) is 23.5 Å². The molecule has 2 aliphatic heterocycles. The minimum absolute atomic E-state index is 0.162. The smallest absolute Gasteiger partial charge is 0.259 e. The maximum Gasteiger partial charge on any atom is 0.259 e. The van der Waals surface area contributed by atoms with Crippen LogP contribution < -0.4 is 10.1 Å². The van der Waals surface area contributed by atoms with Gasteiger partial charge in [-0.15, -0.1) is 0 Å². The first kappa shape index (κ1) is 25.9. The fourth-order valence-corrected chi connectivity index (χ4v) is 6.43. The van der Waals surface area contributed by atoms with Gasteiger partial charge in [0.15, 0.2) is 11.2 Å². The molecule has 5 rings (SSSR count). The van der Waals surface area contributed by atoms with Crippen LogP contribution in [0.25, 0.3) is 10.3 Å². The molecule has 2 fully saturated rings. The highest BCUT2D eigenvalue weighted by Gasteiger charge is 2.30. The monoisotopic (exact) mass is 548 g/mol. The van der Waals surface area contributed by atoms with Crippen molar-refractivity contribution in [3.05, 3.63) is 42.0 Å². The molecule has 1 aromatic carbocycles. The molecular formula is C24H28N4O7S2. The molecule has 0 aliphatic carbocycles. The Labute approximate surface area is 218 Å². The number of anilines is 1. The molecule has 2 aromatic heterocycles.